The predicted molar refractivity (Wildman–Crippen MR) is 165 cm³/mol. The number of aliphatic hydroxyl groups is 1. The fourth-order valence-corrected chi connectivity index (χ4v) is 6.19. The van der Waals surface area contributed by atoms with Crippen molar-refractivity contribution in [3.8, 4) is 5.75 Å². The number of benzene rings is 3. The Morgan fingerprint density at radius 3 is 2.39 bits per heavy atom. The number of nitrogens with zero attached hydrogens (tertiary/aromatic N) is 1. The Bertz CT molecular complexity index is 1460. The number of aryl methyl sites for hydroxylation is 1. The van der Waals surface area contributed by atoms with Crippen LogP contribution in [-0.2, 0) is 22.6 Å². The quantitative estimate of drug-likeness (QED) is 0.245. The van der Waals surface area contributed by atoms with Crippen LogP contribution in [0.3, 0.4) is 0 Å². The molecule has 3 unspecified atom stereocenters. The number of hydrogen-bond acceptors (Lipinski definition) is 6. The van der Waals surface area contributed by atoms with Crippen molar-refractivity contribution < 1.29 is 33.0 Å². The topological polar surface area (TPSA) is 120 Å². The van der Waals surface area contributed by atoms with Gasteiger partial charge in [0.15, 0.2) is 6.10 Å². The van der Waals surface area contributed by atoms with Gasteiger partial charge < -0.3 is 30.7 Å². The van der Waals surface area contributed by atoms with E-state index in [1.165, 1.54) is 40.9 Å². The Morgan fingerprint density at radius 1 is 1.02 bits per heavy atom. The van der Waals surface area contributed by atoms with Crippen LogP contribution in [0.15, 0.2) is 78.9 Å². The number of hydrogen-bond donors (Lipinski definition) is 4. The zero-order valence-electron chi connectivity index (χ0n) is 24.6. The normalized spacial score (nSPS) is 17.1. The van der Waals surface area contributed by atoms with E-state index in [-0.39, 0.29) is 36.2 Å². The van der Waals surface area contributed by atoms with E-state index < -0.39 is 41.5 Å². The summed E-state index contributed by atoms with van der Waals surface area (Å²) < 4.78 is 29.6. The van der Waals surface area contributed by atoms with E-state index >= 15 is 0 Å². The first-order chi connectivity index (χ1) is 21.0. The summed E-state index contributed by atoms with van der Waals surface area (Å²) in [6, 6.07) is 19.4. The minimum absolute atomic E-state index is 0.0207. The highest BCUT2D eigenvalue weighted by Crippen LogP contribution is 2.40. The summed E-state index contributed by atoms with van der Waals surface area (Å²) in [6.45, 7) is 2.85. The number of anilines is 1. The Balaban J connectivity index is 1.52. The number of halogens is 2. The van der Waals surface area contributed by atoms with Crippen molar-refractivity contribution in [2.75, 3.05) is 11.2 Å². The van der Waals surface area contributed by atoms with Crippen LogP contribution in [-0.4, -0.2) is 63.3 Å². The second-order valence-corrected chi connectivity index (χ2v) is 12.5. The number of carbonyl (C=O) groups excluding carboxylic acids is 3. The van der Waals surface area contributed by atoms with Gasteiger partial charge in [0, 0.05) is 11.3 Å². The maximum atomic E-state index is 13.8. The summed E-state index contributed by atoms with van der Waals surface area (Å²) in [6.07, 6.45) is -1.65. The molecule has 4 amide bonds. The van der Waals surface area contributed by atoms with Crippen molar-refractivity contribution in [1.82, 2.24) is 15.5 Å². The first-order valence-corrected chi connectivity index (χ1v) is 15.0. The summed E-state index contributed by atoms with van der Waals surface area (Å²) in [5.41, 5.74) is 2.68. The van der Waals surface area contributed by atoms with Crippen LogP contribution >= 0.6 is 11.8 Å². The molecule has 1 fully saturated rings. The molecule has 3 aromatic carbocycles. The molecule has 4 N–H and O–H groups in total. The molecule has 1 heterocycles. The maximum absolute atomic E-state index is 13.8. The van der Waals surface area contributed by atoms with Crippen molar-refractivity contribution in [3.63, 3.8) is 0 Å². The number of rotatable bonds is 11. The fraction of sp³-hybridized carbons (Fsp3) is 0.344. The molecule has 1 saturated heterocycles. The minimum Gasteiger partial charge on any atom is -0.433 e. The lowest BCUT2D eigenvalue weighted by atomic mass is 9.97. The summed E-state index contributed by atoms with van der Waals surface area (Å²) in [4.78, 5) is 41.7. The van der Waals surface area contributed by atoms with E-state index in [9.17, 15) is 28.3 Å². The van der Waals surface area contributed by atoms with Crippen LogP contribution in [0.2, 0.25) is 0 Å². The number of alkyl halides is 2. The molecular weight excluding hydrogens is 590 g/mol. The molecule has 1 aliphatic heterocycles. The molecule has 12 heteroatoms. The second-order valence-electron chi connectivity index (χ2n) is 10.9. The van der Waals surface area contributed by atoms with E-state index in [2.05, 4.69) is 20.7 Å². The second kappa shape index (κ2) is 14.5. The third-order valence-corrected chi connectivity index (χ3v) is 8.77. The largest absolute Gasteiger partial charge is 0.433 e. The molecular formula is C32H36F2N4O5S. The smallest absolute Gasteiger partial charge is 0.387 e. The highest BCUT2D eigenvalue weighted by Gasteiger charge is 2.49. The maximum Gasteiger partial charge on any atom is 0.387 e. The van der Waals surface area contributed by atoms with Crippen LogP contribution in [0, 0.1) is 6.92 Å². The number of thioether (sulfide) groups is 1. The molecule has 3 atom stereocenters. The molecule has 0 saturated carbocycles. The number of para-hydroxylation sites is 2. The third kappa shape index (κ3) is 8.26. The highest BCUT2D eigenvalue weighted by molar-refractivity contribution is 8.00. The Labute approximate surface area is 259 Å². The zero-order valence-corrected chi connectivity index (χ0v) is 25.4. The first-order valence-electron chi connectivity index (χ1n) is 14.1. The van der Waals surface area contributed by atoms with Gasteiger partial charge in [-0.3, -0.25) is 9.59 Å². The fourth-order valence-electron chi connectivity index (χ4n) is 5.05. The number of nitrogens with one attached hydrogen (secondary N) is 3. The van der Waals surface area contributed by atoms with Crippen molar-refractivity contribution in [1.29, 1.82) is 0 Å². The van der Waals surface area contributed by atoms with Gasteiger partial charge in [0.25, 0.3) is 5.91 Å². The molecule has 1 aliphatic rings. The van der Waals surface area contributed by atoms with E-state index in [1.807, 2.05) is 51.1 Å². The van der Waals surface area contributed by atoms with Crippen LogP contribution < -0.4 is 20.7 Å². The molecule has 4 rings (SSSR count). The molecule has 0 radical (unpaired) electrons. The van der Waals surface area contributed by atoms with Crippen LogP contribution in [0.25, 0.3) is 0 Å². The summed E-state index contributed by atoms with van der Waals surface area (Å²) in [5.74, 6) is -1.16. The summed E-state index contributed by atoms with van der Waals surface area (Å²) >= 11 is 1.41. The van der Waals surface area contributed by atoms with Gasteiger partial charge in [-0.1, -0.05) is 66.7 Å². The average molecular weight is 627 g/mol. The van der Waals surface area contributed by atoms with E-state index in [0.717, 1.165) is 16.7 Å². The molecule has 0 aromatic heterocycles. The van der Waals surface area contributed by atoms with Crippen LogP contribution in [0.1, 0.15) is 30.5 Å². The van der Waals surface area contributed by atoms with Gasteiger partial charge in [0.2, 0.25) is 5.91 Å². The molecule has 3 aromatic rings. The van der Waals surface area contributed by atoms with E-state index in [0.29, 0.717) is 0 Å². The van der Waals surface area contributed by atoms with Crippen molar-refractivity contribution in [2.24, 2.45) is 0 Å². The van der Waals surface area contributed by atoms with E-state index in [4.69, 9.17) is 0 Å². The molecule has 234 valence electrons. The molecule has 44 heavy (non-hydrogen) atoms. The van der Waals surface area contributed by atoms with Crippen LogP contribution in [0.4, 0.5) is 19.3 Å². The lowest BCUT2D eigenvalue weighted by Gasteiger charge is -2.33. The summed E-state index contributed by atoms with van der Waals surface area (Å²) in [7, 11) is 0. The standard InChI is InChI=1S/C32H36F2N4O5S/c1-20-11-7-8-14-22(20)18-35-28(40)27-32(2,3)44-19-38(27)29(41)26(39)24(17-21-12-5-4-6-13-21)37-31(42)36-23-15-9-10-16-25(23)43-30(33)34/h4-16,24,26-27,30,39H,17-19H2,1-3H3,(H,35,40)(H2,36,37,42). The lowest BCUT2D eigenvalue weighted by Crippen LogP contribution is -2.59. The van der Waals surface area contributed by atoms with Gasteiger partial charge in [-0.15, -0.1) is 11.8 Å². The lowest BCUT2D eigenvalue weighted by molar-refractivity contribution is -0.147. The number of urea groups is 1. The van der Waals surface area contributed by atoms with Gasteiger partial charge in [0.1, 0.15) is 11.8 Å². The molecule has 0 spiro atoms. The predicted octanol–water partition coefficient (Wildman–Crippen LogP) is 4.69. The van der Waals surface area contributed by atoms with Gasteiger partial charge in [0.05, 0.1) is 17.6 Å². The van der Waals surface area contributed by atoms with Gasteiger partial charge in [-0.2, -0.15) is 8.78 Å². The summed E-state index contributed by atoms with van der Waals surface area (Å²) in [5, 5.41) is 19.4. The average Bonchev–Trinajstić information content (AvgIpc) is 3.31. The highest BCUT2D eigenvalue weighted by atomic mass is 32.2. The molecule has 0 bridgehead atoms. The zero-order chi connectivity index (χ0) is 31.9. The Kier molecular flexibility index (Phi) is 10.8. The number of carbonyl (C=O) groups is 3. The number of aliphatic hydroxyl groups excluding tert-OH is 1. The Morgan fingerprint density at radius 2 is 1.68 bits per heavy atom. The van der Waals surface area contributed by atoms with E-state index in [1.54, 1.807) is 24.3 Å². The van der Waals surface area contributed by atoms with Gasteiger partial charge in [-0.25, -0.2) is 4.79 Å². The van der Waals surface area contributed by atoms with Gasteiger partial charge in [-0.05, 0) is 56.0 Å². The SMILES string of the molecule is Cc1ccccc1CNC(=O)C1N(C(=O)C(O)C(Cc2ccccc2)NC(=O)Nc2ccccc2OC(F)F)CSC1(C)C. The minimum atomic E-state index is -3.10. The monoisotopic (exact) mass is 626 g/mol. The number of amides is 4. The van der Waals surface area contributed by atoms with Crippen molar-refractivity contribution in [3.05, 3.63) is 95.6 Å². The third-order valence-electron chi connectivity index (χ3n) is 7.39. The molecule has 9 nitrogen and oxygen atoms in total. The van der Waals surface area contributed by atoms with Crippen molar-refractivity contribution in [2.45, 2.75) is 63.3 Å². The molecule has 0 aliphatic carbocycles. The number of ether oxygens (including phenoxy) is 1. The van der Waals surface area contributed by atoms with Gasteiger partial charge >= 0.3 is 12.6 Å². The van der Waals surface area contributed by atoms with Crippen molar-refractivity contribution >= 4 is 35.3 Å². The first kappa shape index (κ1) is 32.7. The Hall–Kier alpha value is -4.16. The van der Waals surface area contributed by atoms with Crippen LogP contribution in [0.5, 0.6) is 5.75 Å².